The van der Waals surface area contributed by atoms with Gasteiger partial charge in [-0.3, -0.25) is 4.79 Å². The van der Waals surface area contributed by atoms with Crippen LogP contribution in [0.1, 0.15) is 23.2 Å². The average molecular weight is 344 g/mol. The van der Waals surface area contributed by atoms with Crippen molar-refractivity contribution in [2.24, 2.45) is 0 Å². The fourth-order valence-corrected chi connectivity index (χ4v) is 3.28. The van der Waals surface area contributed by atoms with Gasteiger partial charge in [0.25, 0.3) is 5.91 Å². The Morgan fingerprint density at radius 3 is 2.68 bits per heavy atom. The van der Waals surface area contributed by atoms with Crippen LogP contribution in [0.5, 0.6) is 0 Å². The maximum atomic E-state index is 11.9. The van der Waals surface area contributed by atoms with Crippen molar-refractivity contribution in [3.63, 3.8) is 0 Å². The van der Waals surface area contributed by atoms with E-state index in [4.69, 9.17) is 4.74 Å². The summed E-state index contributed by atoms with van der Waals surface area (Å²) in [5.74, 6) is 0.965. The second kappa shape index (κ2) is 7.92. The monoisotopic (exact) mass is 343 g/mol. The Morgan fingerprint density at radius 1 is 1.32 bits per heavy atom. The molecule has 1 saturated heterocycles. The fraction of sp³-hybridized carbons (Fsp3) is 0.500. The standard InChI is InChI=1S/C14H18BrNO2S/c15-12-3-1-11(2-4-12)14(17)16-7-10-19-13-5-8-18-9-6-13/h1-4,13H,5-10H2,(H,16,17). The number of rotatable bonds is 5. The molecule has 1 heterocycles. The molecule has 2 rings (SSSR count). The molecule has 104 valence electrons. The van der Waals surface area contributed by atoms with Gasteiger partial charge < -0.3 is 10.1 Å². The minimum atomic E-state index is 0.0000718. The molecule has 1 aromatic rings. The third-order valence-electron chi connectivity index (χ3n) is 3.02. The first-order valence-electron chi connectivity index (χ1n) is 6.49. The molecule has 1 fully saturated rings. The average Bonchev–Trinajstić information content (AvgIpc) is 2.45. The smallest absolute Gasteiger partial charge is 0.251 e. The van der Waals surface area contributed by atoms with E-state index in [1.807, 2.05) is 36.0 Å². The molecule has 0 saturated carbocycles. The van der Waals surface area contributed by atoms with Gasteiger partial charge in [0.15, 0.2) is 0 Å². The number of benzene rings is 1. The number of thioether (sulfide) groups is 1. The van der Waals surface area contributed by atoms with Gasteiger partial charge in [0, 0.05) is 40.8 Å². The van der Waals surface area contributed by atoms with Crippen LogP contribution in [0.15, 0.2) is 28.7 Å². The van der Waals surface area contributed by atoms with Crippen LogP contribution in [-0.4, -0.2) is 36.7 Å². The molecule has 0 unspecified atom stereocenters. The lowest BCUT2D eigenvalue weighted by Crippen LogP contribution is -2.27. The zero-order valence-electron chi connectivity index (χ0n) is 10.7. The van der Waals surface area contributed by atoms with Crippen LogP contribution < -0.4 is 5.32 Å². The van der Waals surface area contributed by atoms with E-state index in [1.54, 1.807) is 0 Å². The summed E-state index contributed by atoms with van der Waals surface area (Å²) in [6.45, 7) is 2.47. The molecule has 0 radical (unpaired) electrons. The molecule has 0 bridgehead atoms. The maximum absolute atomic E-state index is 11.9. The van der Waals surface area contributed by atoms with Gasteiger partial charge in [-0.15, -0.1) is 0 Å². The van der Waals surface area contributed by atoms with Crippen molar-refractivity contribution in [2.45, 2.75) is 18.1 Å². The van der Waals surface area contributed by atoms with Crippen LogP contribution in [0.25, 0.3) is 0 Å². The Morgan fingerprint density at radius 2 is 2.00 bits per heavy atom. The maximum Gasteiger partial charge on any atom is 0.251 e. The molecule has 19 heavy (non-hydrogen) atoms. The largest absolute Gasteiger partial charge is 0.381 e. The molecule has 1 amide bonds. The van der Waals surface area contributed by atoms with Crippen molar-refractivity contribution in [1.29, 1.82) is 0 Å². The highest BCUT2D eigenvalue weighted by Gasteiger charge is 2.13. The number of ether oxygens (including phenoxy) is 1. The molecule has 1 aliphatic rings. The van der Waals surface area contributed by atoms with Crippen LogP contribution in [-0.2, 0) is 4.74 Å². The number of nitrogens with one attached hydrogen (secondary N) is 1. The first-order valence-corrected chi connectivity index (χ1v) is 8.33. The molecule has 3 nitrogen and oxygen atoms in total. The van der Waals surface area contributed by atoms with E-state index in [0.29, 0.717) is 10.8 Å². The van der Waals surface area contributed by atoms with Crippen LogP contribution in [0.2, 0.25) is 0 Å². The first-order chi connectivity index (χ1) is 9.25. The second-order valence-electron chi connectivity index (χ2n) is 4.45. The number of hydrogen-bond acceptors (Lipinski definition) is 3. The van der Waals surface area contributed by atoms with E-state index in [2.05, 4.69) is 21.2 Å². The zero-order chi connectivity index (χ0) is 13.5. The van der Waals surface area contributed by atoms with E-state index in [-0.39, 0.29) is 5.91 Å². The summed E-state index contributed by atoms with van der Waals surface area (Å²) in [5.41, 5.74) is 0.708. The summed E-state index contributed by atoms with van der Waals surface area (Å²) in [6.07, 6.45) is 2.26. The third kappa shape index (κ3) is 5.16. The van der Waals surface area contributed by atoms with Gasteiger partial charge in [-0.2, -0.15) is 11.8 Å². The second-order valence-corrected chi connectivity index (χ2v) is 6.77. The SMILES string of the molecule is O=C(NCCSC1CCOCC1)c1ccc(Br)cc1. The van der Waals surface area contributed by atoms with E-state index in [0.717, 1.165) is 42.8 Å². The lowest BCUT2D eigenvalue weighted by atomic mass is 10.2. The summed E-state index contributed by atoms with van der Waals surface area (Å²) in [5, 5.41) is 3.64. The van der Waals surface area contributed by atoms with Crippen LogP contribution in [0.4, 0.5) is 0 Å². The molecule has 1 aromatic carbocycles. The highest BCUT2D eigenvalue weighted by molar-refractivity contribution is 9.10. The Balaban J connectivity index is 1.64. The highest BCUT2D eigenvalue weighted by atomic mass is 79.9. The molecule has 1 aliphatic heterocycles. The molecule has 0 aromatic heterocycles. The minimum absolute atomic E-state index is 0.0000718. The van der Waals surface area contributed by atoms with Crippen molar-refractivity contribution < 1.29 is 9.53 Å². The zero-order valence-corrected chi connectivity index (χ0v) is 13.1. The Bertz CT molecular complexity index is 404. The van der Waals surface area contributed by atoms with E-state index in [1.165, 1.54) is 0 Å². The van der Waals surface area contributed by atoms with Crippen molar-refractivity contribution in [1.82, 2.24) is 5.32 Å². The lowest BCUT2D eigenvalue weighted by Gasteiger charge is -2.21. The number of amides is 1. The third-order valence-corrected chi connectivity index (χ3v) is 4.93. The number of carbonyl (C=O) groups is 1. The van der Waals surface area contributed by atoms with E-state index < -0.39 is 0 Å². The summed E-state index contributed by atoms with van der Waals surface area (Å²) >= 11 is 5.29. The van der Waals surface area contributed by atoms with Crippen molar-refractivity contribution in [3.05, 3.63) is 34.3 Å². The molecular weight excluding hydrogens is 326 g/mol. The molecule has 0 atom stereocenters. The predicted octanol–water partition coefficient (Wildman–Crippen LogP) is 3.09. The van der Waals surface area contributed by atoms with Crippen molar-refractivity contribution in [2.75, 3.05) is 25.5 Å². The number of halogens is 1. The number of carbonyl (C=O) groups excluding carboxylic acids is 1. The molecule has 5 heteroatoms. The minimum Gasteiger partial charge on any atom is -0.381 e. The van der Waals surface area contributed by atoms with Gasteiger partial charge in [-0.25, -0.2) is 0 Å². The quantitative estimate of drug-likeness (QED) is 0.835. The molecule has 0 spiro atoms. The van der Waals surface area contributed by atoms with Crippen molar-refractivity contribution in [3.8, 4) is 0 Å². The summed E-state index contributed by atoms with van der Waals surface area (Å²) in [4.78, 5) is 11.9. The summed E-state index contributed by atoms with van der Waals surface area (Å²) in [6, 6.07) is 7.41. The van der Waals surface area contributed by atoms with E-state index in [9.17, 15) is 4.79 Å². The van der Waals surface area contributed by atoms with Gasteiger partial charge >= 0.3 is 0 Å². The van der Waals surface area contributed by atoms with Gasteiger partial charge in [-0.05, 0) is 37.1 Å². The van der Waals surface area contributed by atoms with Crippen molar-refractivity contribution >= 4 is 33.6 Å². The van der Waals surface area contributed by atoms with E-state index >= 15 is 0 Å². The summed E-state index contributed by atoms with van der Waals surface area (Å²) in [7, 11) is 0. The molecule has 1 N–H and O–H groups in total. The molecule has 0 aliphatic carbocycles. The van der Waals surface area contributed by atoms with Crippen LogP contribution in [0, 0.1) is 0 Å². The lowest BCUT2D eigenvalue weighted by molar-refractivity contribution is 0.0955. The Kier molecular flexibility index (Phi) is 6.20. The van der Waals surface area contributed by atoms with Gasteiger partial charge in [0.05, 0.1) is 0 Å². The molecular formula is C14H18BrNO2S. The first kappa shape index (κ1) is 14.9. The van der Waals surface area contributed by atoms with Crippen LogP contribution in [0.3, 0.4) is 0 Å². The summed E-state index contributed by atoms with van der Waals surface area (Å²) < 4.78 is 6.31. The van der Waals surface area contributed by atoms with Gasteiger partial charge in [0.1, 0.15) is 0 Å². The highest BCUT2D eigenvalue weighted by Crippen LogP contribution is 2.21. The topological polar surface area (TPSA) is 38.3 Å². The normalized spacial score (nSPS) is 16.3. The Hall–Kier alpha value is -0.520. The van der Waals surface area contributed by atoms with Crippen LogP contribution >= 0.6 is 27.7 Å². The predicted molar refractivity (Wildman–Crippen MR) is 82.8 cm³/mol. The van der Waals surface area contributed by atoms with Gasteiger partial charge in [-0.1, -0.05) is 15.9 Å². The Labute approximate surface area is 126 Å². The number of hydrogen-bond donors (Lipinski definition) is 1. The fourth-order valence-electron chi connectivity index (χ4n) is 1.94. The van der Waals surface area contributed by atoms with Gasteiger partial charge in [0.2, 0.25) is 0 Å².